The third-order valence-electron chi connectivity index (χ3n) is 3.61. The summed E-state index contributed by atoms with van der Waals surface area (Å²) in [4.78, 5) is 14.4. The van der Waals surface area contributed by atoms with Gasteiger partial charge >= 0.3 is 0 Å². The summed E-state index contributed by atoms with van der Waals surface area (Å²) in [5.74, 6) is 2.77. The van der Waals surface area contributed by atoms with Crippen molar-refractivity contribution in [3.05, 3.63) is 0 Å². The van der Waals surface area contributed by atoms with Gasteiger partial charge in [-0.05, 0) is 50.7 Å². The van der Waals surface area contributed by atoms with Gasteiger partial charge in [0.15, 0.2) is 0 Å². The van der Waals surface area contributed by atoms with Gasteiger partial charge in [0.05, 0.1) is 6.04 Å². The first-order valence-electron chi connectivity index (χ1n) is 6.44. The highest BCUT2D eigenvalue weighted by molar-refractivity contribution is 7.99. The summed E-state index contributed by atoms with van der Waals surface area (Å²) in [6.45, 7) is 3.98. The monoisotopic (exact) mass is 242 g/mol. The Morgan fingerprint density at radius 2 is 2.12 bits per heavy atom. The molecule has 16 heavy (non-hydrogen) atoms. The van der Waals surface area contributed by atoms with Crippen LogP contribution in [-0.4, -0.2) is 47.5 Å². The first kappa shape index (κ1) is 12.2. The maximum Gasteiger partial charge on any atom is 0.239 e. The zero-order chi connectivity index (χ0) is 11.4. The minimum Gasteiger partial charge on any atom is -0.339 e. The first-order valence-corrected chi connectivity index (χ1v) is 7.60. The van der Waals surface area contributed by atoms with Gasteiger partial charge in [-0.2, -0.15) is 11.8 Å². The van der Waals surface area contributed by atoms with Crippen molar-refractivity contribution in [1.82, 2.24) is 10.2 Å². The molecule has 0 saturated carbocycles. The number of hydrogen-bond acceptors (Lipinski definition) is 3. The number of carbonyl (C=O) groups excluding carboxylic acids is 1. The number of hydrogen-bond donors (Lipinski definition) is 1. The molecule has 0 bridgehead atoms. The fourth-order valence-corrected chi connectivity index (χ4v) is 3.77. The van der Waals surface area contributed by atoms with E-state index in [9.17, 15) is 4.79 Å². The Bertz CT molecular complexity index is 235. The number of likely N-dealkylation sites (N-methyl/N-ethyl adjacent to an activating group) is 1. The van der Waals surface area contributed by atoms with E-state index < -0.39 is 0 Å². The predicted molar refractivity (Wildman–Crippen MR) is 68.8 cm³/mol. The topological polar surface area (TPSA) is 32.3 Å². The van der Waals surface area contributed by atoms with Gasteiger partial charge < -0.3 is 10.2 Å². The molecule has 0 aromatic carbocycles. The van der Waals surface area contributed by atoms with Crippen molar-refractivity contribution < 1.29 is 4.79 Å². The highest BCUT2D eigenvalue weighted by Crippen LogP contribution is 2.23. The van der Waals surface area contributed by atoms with E-state index in [0.29, 0.717) is 11.9 Å². The van der Waals surface area contributed by atoms with Crippen LogP contribution in [0.15, 0.2) is 0 Å². The lowest BCUT2D eigenvalue weighted by molar-refractivity contribution is -0.135. The molecule has 1 unspecified atom stereocenters. The van der Waals surface area contributed by atoms with Gasteiger partial charge in [-0.25, -0.2) is 0 Å². The van der Waals surface area contributed by atoms with Crippen LogP contribution in [0.5, 0.6) is 0 Å². The molecule has 0 aliphatic carbocycles. The van der Waals surface area contributed by atoms with E-state index in [-0.39, 0.29) is 6.04 Å². The molecule has 1 atom stereocenters. The number of nitrogens with zero attached hydrogens (tertiary/aromatic N) is 1. The van der Waals surface area contributed by atoms with Crippen molar-refractivity contribution >= 4 is 17.7 Å². The molecule has 92 valence electrons. The molecule has 0 spiro atoms. The van der Waals surface area contributed by atoms with Crippen molar-refractivity contribution in [2.45, 2.75) is 44.7 Å². The summed E-state index contributed by atoms with van der Waals surface area (Å²) in [6, 6.07) is 0.607. The molecular formula is C12H22N2OS. The van der Waals surface area contributed by atoms with E-state index >= 15 is 0 Å². The average molecular weight is 242 g/mol. The molecular weight excluding hydrogens is 220 g/mol. The smallest absolute Gasteiger partial charge is 0.239 e. The quantitative estimate of drug-likeness (QED) is 0.813. The van der Waals surface area contributed by atoms with Gasteiger partial charge in [0.25, 0.3) is 0 Å². The molecule has 2 aliphatic rings. The highest BCUT2D eigenvalue weighted by Gasteiger charge is 2.30. The molecule has 2 fully saturated rings. The van der Waals surface area contributed by atoms with Crippen LogP contribution in [0.2, 0.25) is 0 Å². The molecule has 2 saturated heterocycles. The summed E-state index contributed by atoms with van der Waals surface area (Å²) in [5.41, 5.74) is 0. The van der Waals surface area contributed by atoms with Crippen molar-refractivity contribution in [1.29, 1.82) is 0 Å². The van der Waals surface area contributed by atoms with Crippen molar-refractivity contribution in [3.63, 3.8) is 0 Å². The predicted octanol–water partition coefficient (Wildman–Crippen LogP) is 1.48. The van der Waals surface area contributed by atoms with Gasteiger partial charge in [-0.15, -0.1) is 0 Å². The molecule has 2 rings (SSSR count). The number of rotatable bonds is 3. The number of nitrogens with one attached hydrogen (secondary N) is 1. The Hall–Kier alpha value is -0.220. The lowest BCUT2D eigenvalue weighted by Crippen LogP contribution is -2.49. The van der Waals surface area contributed by atoms with E-state index in [0.717, 1.165) is 25.9 Å². The van der Waals surface area contributed by atoms with Crippen LogP contribution in [0.1, 0.15) is 32.6 Å². The summed E-state index contributed by atoms with van der Waals surface area (Å²) in [6.07, 6.45) is 4.53. The van der Waals surface area contributed by atoms with Gasteiger partial charge in [0.1, 0.15) is 0 Å². The van der Waals surface area contributed by atoms with Gasteiger partial charge in [-0.3, -0.25) is 4.79 Å². The Labute approximate surface area is 102 Å². The summed E-state index contributed by atoms with van der Waals surface area (Å²) >= 11 is 2.02. The molecule has 1 N–H and O–H groups in total. The van der Waals surface area contributed by atoms with Crippen molar-refractivity contribution in [2.24, 2.45) is 0 Å². The zero-order valence-electron chi connectivity index (χ0n) is 10.1. The van der Waals surface area contributed by atoms with Crippen molar-refractivity contribution in [2.75, 3.05) is 24.6 Å². The molecule has 0 aromatic heterocycles. The maximum atomic E-state index is 12.3. The Morgan fingerprint density at radius 3 is 2.69 bits per heavy atom. The Kier molecular flexibility index (Phi) is 4.53. The maximum absolute atomic E-state index is 12.3. The molecule has 1 amide bonds. The number of carbonyl (C=O) groups is 1. The Balaban J connectivity index is 1.94. The van der Waals surface area contributed by atoms with E-state index in [1.54, 1.807) is 0 Å². The molecule has 2 heterocycles. The van der Waals surface area contributed by atoms with Gasteiger partial charge in [0.2, 0.25) is 5.91 Å². The van der Waals surface area contributed by atoms with E-state index in [1.165, 1.54) is 24.3 Å². The highest BCUT2D eigenvalue weighted by atomic mass is 32.2. The zero-order valence-corrected chi connectivity index (χ0v) is 10.9. The number of thioether (sulfide) groups is 1. The fourth-order valence-electron chi connectivity index (χ4n) is 2.69. The van der Waals surface area contributed by atoms with Crippen LogP contribution in [0.25, 0.3) is 0 Å². The SMILES string of the molecule is CCN(C(=O)C1CCCN1)C1CCSCC1. The molecule has 3 nitrogen and oxygen atoms in total. The molecule has 2 aliphatic heterocycles. The summed E-state index contributed by atoms with van der Waals surface area (Å²) in [5, 5.41) is 3.31. The molecule has 0 radical (unpaired) electrons. The third kappa shape index (κ3) is 2.72. The van der Waals surface area contributed by atoms with Crippen LogP contribution in [0, 0.1) is 0 Å². The van der Waals surface area contributed by atoms with Crippen LogP contribution in [0.4, 0.5) is 0 Å². The van der Waals surface area contributed by atoms with Gasteiger partial charge in [-0.1, -0.05) is 0 Å². The second kappa shape index (κ2) is 5.92. The molecule has 0 aromatic rings. The second-order valence-electron chi connectivity index (χ2n) is 4.62. The third-order valence-corrected chi connectivity index (χ3v) is 4.66. The normalized spacial score (nSPS) is 26.9. The molecule has 4 heteroatoms. The largest absolute Gasteiger partial charge is 0.339 e. The van der Waals surface area contributed by atoms with Crippen LogP contribution >= 0.6 is 11.8 Å². The van der Waals surface area contributed by atoms with E-state index in [4.69, 9.17) is 0 Å². The first-order chi connectivity index (χ1) is 7.83. The lowest BCUT2D eigenvalue weighted by Gasteiger charge is -2.35. The minimum atomic E-state index is 0.106. The lowest BCUT2D eigenvalue weighted by atomic mass is 10.1. The van der Waals surface area contributed by atoms with Gasteiger partial charge in [0, 0.05) is 12.6 Å². The minimum absolute atomic E-state index is 0.106. The average Bonchev–Trinajstić information content (AvgIpc) is 2.85. The summed E-state index contributed by atoms with van der Waals surface area (Å²) in [7, 11) is 0. The van der Waals surface area contributed by atoms with Crippen LogP contribution < -0.4 is 5.32 Å². The van der Waals surface area contributed by atoms with Crippen LogP contribution in [0.3, 0.4) is 0 Å². The second-order valence-corrected chi connectivity index (χ2v) is 5.84. The standard InChI is InChI=1S/C12H22N2OS/c1-2-14(10-5-8-16-9-6-10)12(15)11-4-3-7-13-11/h10-11,13H,2-9H2,1H3. The van der Waals surface area contributed by atoms with Crippen LogP contribution in [-0.2, 0) is 4.79 Å². The Morgan fingerprint density at radius 1 is 1.38 bits per heavy atom. The van der Waals surface area contributed by atoms with Crippen molar-refractivity contribution in [3.8, 4) is 0 Å². The van der Waals surface area contributed by atoms with E-state index in [2.05, 4.69) is 17.1 Å². The van der Waals surface area contributed by atoms with E-state index in [1.807, 2.05) is 11.8 Å². The number of amides is 1. The summed E-state index contributed by atoms with van der Waals surface area (Å²) < 4.78 is 0. The fraction of sp³-hybridized carbons (Fsp3) is 0.917.